The maximum atomic E-state index is 10.7. The summed E-state index contributed by atoms with van der Waals surface area (Å²) in [5, 5.41) is 7.93. The fraction of sp³-hybridized carbons (Fsp3) is 1.00. The largest absolute Gasteiger partial charge is 1.00 e. The average molecular weight is 232 g/mol. The number of unbranched alkanes of at least 4 members (excludes halogenated alkanes) is 2. The van der Waals surface area contributed by atoms with Crippen molar-refractivity contribution in [1.29, 1.82) is 0 Å². The van der Waals surface area contributed by atoms with Crippen molar-refractivity contribution in [3.05, 3.63) is 0 Å². The monoisotopic (exact) mass is 232 g/mol. The average Bonchev–Trinajstić information content (AvgIpc) is 1.94. The Morgan fingerprint density at radius 3 is 2.14 bits per heavy atom. The maximum absolute atomic E-state index is 10.7. The van der Waals surface area contributed by atoms with E-state index in [0.717, 1.165) is 12.8 Å². The normalized spacial score (nSPS) is 15.7. The molecule has 0 aromatic carbocycles. The van der Waals surface area contributed by atoms with Gasteiger partial charge in [0.2, 0.25) is 0 Å². The predicted octanol–water partition coefficient (Wildman–Crippen LogP) is -2.13. The van der Waals surface area contributed by atoms with Crippen LogP contribution in [0.2, 0.25) is 0 Å². The Kier molecular flexibility index (Phi) is 9.96. The molecule has 0 saturated carbocycles. The van der Waals surface area contributed by atoms with Crippen LogP contribution in [-0.4, -0.2) is 29.4 Å². The van der Waals surface area contributed by atoms with Crippen LogP contribution in [0.15, 0.2) is 0 Å². The van der Waals surface area contributed by atoms with Gasteiger partial charge in [-0.05, 0) is 13.3 Å². The second-order valence-corrected chi connectivity index (χ2v) is 4.86. The summed E-state index contributed by atoms with van der Waals surface area (Å²) in [6.45, 7) is 3.33. The van der Waals surface area contributed by atoms with Crippen molar-refractivity contribution in [2.45, 2.75) is 50.9 Å². The van der Waals surface area contributed by atoms with Gasteiger partial charge in [-0.15, -0.1) is 0 Å². The fourth-order valence-electron chi connectivity index (χ4n) is 1.22. The Balaban J connectivity index is 0. The van der Waals surface area contributed by atoms with Crippen molar-refractivity contribution in [2.24, 2.45) is 0 Å². The molecule has 0 spiro atoms. The summed E-state index contributed by atoms with van der Waals surface area (Å²) < 4.78 is 32.0. The molecule has 0 radical (unpaired) electrons. The molecule has 0 aromatic heterocycles. The first-order valence-corrected chi connectivity index (χ1v) is 5.99. The van der Waals surface area contributed by atoms with Crippen LogP contribution in [-0.2, 0) is 10.1 Å². The van der Waals surface area contributed by atoms with Crippen LogP contribution in [0.25, 0.3) is 0 Å². The van der Waals surface area contributed by atoms with Crippen LogP contribution < -0.4 is 29.6 Å². The minimum atomic E-state index is -4.34. The van der Waals surface area contributed by atoms with Crippen molar-refractivity contribution in [3.63, 3.8) is 0 Å². The predicted molar refractivity (Wildman–Crippen MR) is 49.3 cm³/mol. The van der Waals surface area contributed by atoms with E-state index in [4.69, 9.17) is 5.11 Å². The van der Waals surface area contributed by atoms with Crippen molar-refractivity contribution < 1.29 is 47.6 Å². The Labute approximate surface area is 108 Å². The van der Waals surface area contributed by atoms with Crippen LogP contribution in [0, 0.1) is 0 Å². The molecule has 1 N–H and O–H groups in total. The van der Waals surface area contributed by atoms with Gasteiger partial charge in [-0.25, -0.2) is 8.42 Å². The van der Waals surface area contributed by atoms with Gasteiger partial charge >= 0.3 is 29.6 Å². The van der Waals surface area contributed by atoms with E-state index in [2.05, 4.69) is 0 Å². The minimum Gasteiger partial charge on any atom is -0.748 e. The molecule has 4 nitrogen and oxygen atoms in total. The van der Waals surface area contributed by atoms with Gasteiger partial charge in [0.1, 0.15) is 10.1 Å². The third-order valence-electron chi connectivity index (χ3n) is 2.00. The summed E-state index contributed by atoms with van der Waals surface area (Å²) >= 11 is 0. The first-order chi connectivity index (χ1) is 5.89. The second kappa shape index (κ2) is 8.07. The minimum absolute atomic E-state index is 0. The number of hydrogen-bond donors (Lipinski definition) is 1. The zero-order chi connectivity index (χ0) is 10.5. The van der Waals surface area contributed by atoms with Crippen LogP contribution >= 0.6 is 0 Å². The molecule has 0 aliphatic carbocycles. The van der Waals surface area contributed by atoms with Gasteiger partial charge in [0, 0.05) is 0 Å². The molecule has 0 rings (SSSR count). The van der Waals surface area contributed by atoms with Gasteiger partial charge in [-0.3, -0.25) is 0 Å². The van der Waals surface area contributed by atoms with Crippen molar-refractivity contribution in [2.75, 3.05) is 0 Å². The summed E-state index contributed by atoms with van der Waals surface area (Å²) in [5.74, 6) is 0. The SMILES string of the molecule is CCCCCC(C(C)O)S(=O)(=O)[O-].[Na+]. The second-order valence-electron chi connectivity index (χ2n) is 3.27. The van der Waals surface area contributed by atoms with E-state index in [0.29, 0.717) is 6.42 Å². The van der Waals surface area contributed by atoms with Gasteiger partial charge in [0.25, 0.3) is 0 Å². The van der Waals surface area contributed by atoms with E-state index in [-0.39, 0.29) is 36.0 Å². The molecule has 2 unspecified atom stereocenters. The molecule has 0 aliphatic rings. The molecule has 0 heterocycles. The molecule has 6 heteroatoms. The first-order valence-electron chi connectivity index (χ1n) is 4.52. The molecular weight excluding hydrogens is 215 g/mol. The quantitative estimate of drug-likeness (QED) is 0.322. The Morgan fingerprint density at radius 1 is 1.36 bits per heavy atom. The smallest absolute Gasteiger partial charge is 0.748 e. The standard InChI is InChI=1S/C8H18O4S.Na/c1-3-4-5-6-8(7(2)9)13(10,11)12;/h7-9H,3-6H2,1-2H3,(H,10,11,12);/q;+1/p-1. The summed E-state index contributed by atoms with van der Waals surface area (Å²) in [4.78, 5) is 0. The molecule has 14 heavy (non-hydrogen) atoms. The van der Waals surface area contributed by atoms with E-state index in [9.17, 15) is 13.0 Å². The summed E-state index contributed by atoms with van der Waals surface area (Å²) in [5.41, 5.74) is 0. The zero-order valence-corrected chi connectivity index (χ0v) is 11.9. The van der Waals surface area contributed by atoms with E-state index in [1.807, 2.05) is 6.92 Å². The first kappa shape index (κ1) is 17.3. The number of hydrogen-bond acceptors (Lipinski definition) is 4. The molecule has 0 aliphatic heterocycles. The molecule has 0 aromatic rings. The van der Waals surface area contributed by atoms with E-state index in [1.54, 1.807) is 0 Å². The zero-order valence-electron chi connectivity index (χ0n) is 9.06. The van der Waals surface area contributed by atoms with Crippen LogP contribution in [0.1, 0.15) is 39.5 Å². The van der Waals surface area contributed by atoms with Gasteiger partial charge < -0.3 is 9.66 Å². The summed E-state index contributed by atoms with van der Waals surface area (Å²) in [6, 6.07) is 0. The summed E-state index contributed by atoms with van der Waals surface area (Å²) in [6.07, 6.45) is 1.72. The van der Waals surface area contributed by atoms with Crippen molar-refractivity contribution in [3.8, 4) is 0 Å². The third-order valence-corrected chi connectivity index (χ3v) is 3.37. The molecule has 0 saturated heterocycles. The van der Waals surface area contributed by atoms with Crippen molar-refractivity contribution in [1.82, 2.24) is 0 Å². The van der Waals surface area contributed by atoms with E-state index in [1.165, 1.54) is 6.92 Å². The molecule has 0 amide bonds. The van der Waals surface area contributed by atoms with Gasteiger partial charge in [0.05, 0.1) is 11.4 Å². The Bertz CT molecular complexity index is 225. The van der Waals surface area contributed by atoms with Gasteiger partial charge in [-0.2, -0.15) is 0 Å². The number of aliphatic hydroxyl groups is 1. The fourth-order valence-corrected chi connectivity index (χ4v) is 2.16. The van der Waals surface area contributed by atoms with E-state index < -0.39 is 21.5 Å². The molecule has 2 atom stereocenters. The Hall–Kier alpha value is 0.870. The van der Waals surface area contributed by atoms with Crippen LogP contribution in [0.4, 0.5) is 0 Å². The molecular formula is C8H17NaO4S. The summed E-state index contributed by atoms with van der Waals surface area (Å²) in [7, 11) is -4.34. The molecule has 0 bridgehead atoms. The maximum Gasteiger partial charge on any atom is 1.00 e. The Morgan fingerprint density at radius 2 is 1.86 bits per heavy atom. The third kappa shape index (κ3) is 7.20. The molecule has 80 valence electrons. The van der Waals surface area contributed by atoms with Gasteiger partial charge in [0.15, 0.2) is 0 Å². The molecule has 0 fully saturated rings. The number of rotatable bonds is 6. The van der Waals surface area contributed by atoms with E-state index >= 15 is 0 Å². The van der Waals surface area contributed by atoms with Gasteiger partial charge in [-0.1, -0.05) is 26.2 Å². The van der Waals surface area contributed by atoms with Crippen molar-refractivity contribution >= 4 is 10.1 Å². The van der Waals surface area contributed by atoms with Crippen LogP contribution in [0.5, 0.6) is 0 Å². The number of aliphatic hydroxyl groups excluding tert-OH is 1. The van der Waals surface area contributed by atoms with Crippen LogP contribution in [0.3, 0.4) is 0 Å². The topological polar surface area (TPSA) is 77.4 Å².